The van der Waals surface area contributed by atoms with Crippen molar-refractivity contribution >= 4 is 17.6 Å². The third-order valence-corrected chi connectivity index (χ3v) is 6.59. The number of benzene rings is 2. The first-order valence-corrected chi connectivity index (χ1v) is 12.0. The van der Waals surface area contributed by atoms with E-state index in [0.717, 1.165) is 50.4 Å². The maximum absolute atomic E-state index is 15.1. The molecular weight excluding hydrogens is 448 g/mol. The van der Waals surface area contributed by atoms with Gasteiger partial charge in [-0.15, -0.1) is 0 Å². The molecule has 3 aromatic rings. The number of nitrogens with zero attached hydrogens (tertiary/aromatic N) is 4. The average Bonchev–Trinajstić information content (AvgIpc) is 3.26. The zero-order valence-electron chi connectivity index (χ0n) is 20.0. The second-order valence-electron chi connectivity index (χ2n) is 9.09. The Labute approximate surface area is 204 Å². The van der Waals surface area contributed by atoms with E-state index in [9.17, 15) is 4.39 Å². The van der Waals surface area contributed by atoms with E-state index >= 15 is 4.39 Å². The number of fused-ring (bicyclic) bond motifs is 1. The Morgan fingerprint density at radius 2 is 1.69 bits per heavy atom. The van der Waals surface area contributed by atoms with Crippen molar-refractivity contribution in [2.24, 2.45) is 0 Å². The average molecular weight is 478 g/mol. The number of rotatable bonds is 7. The molecule has 1 N–H and O–H groups in total. The van der Waals surface area contributed by atoms with Gasteiger partial charge in [-0.3, -0.25) is 4.90 Å². The van der Waals surface area contributed by atoms with Crippen molar-refractivity contribution in [2.45, 2.75) is 26.8 Å². The van der Waals surface area contributed by atoms with E-state index < -0.39 is 11.6 Å². The van der Waals surface area contributed by atoms with Crippen LogP contribution in [0.5, 0.6) is 11.6 Å². The highest BCUT2D eigenvalue weighted by Gasteiger charge is 2.21. The Bertz CT molecular complexity index is 1240. The number of allylic oxidation sites excluding steroid dienone is 1. The highest BCUT2D eigenvalue weighted by Crippen LogP contribution is 2.35. The summed E-state index contributed by atoms with van der Waals surface area (Å²) in [5.74, 6) is -1.73. The van der Waals surface area contributed by atoms with Crippen molar-refractivity contribution in [1.82, 2.24) is 19.8 Å². The number of anilines is 2. The first-order valence-electron chi connectivity index (χ1n) is 12.0. The third-order valence-electron chi connectivity index (χ3n) is 6.59. The Kier molecular flexibility index (Phi) is 6.74. The zero-order valence-corrected chi connectivity index (χ0v) is 20.0. The van der Waals surface area contributed by atoms with Crippen molar-refractivity contribution in [3.05, 3.63) is 76.6 Å². The number of ether oxygens (including phenoxy) is 1. The summed E-state index contributed by atoms with van der Waals surface area (Å²) >= 11 is 0. The van der Waals surface area contributed by atoms with E-state index in [1.165, 1.54) is 18.0 Å². The fourth-order valence-corrected chi connectivity index (χ4v) is 4.57. The van der Waals surface area contributed by atoms with Gasteiger partial charge in [0.15, 0.2) is 17.4 Å². The van der Waals surface area contributed by atoms with Gasteiger partial charge in [-0.1, -0.05) is 36.8 Å². The van der Waals surface area contributed by atoms with E-state index in [0.29, 0.717) is 17.7 Å². The molecule has 1 fully saturated rings. The van der Waals surface area contributed by atoms with Crippen LogP contribution < -0.4 is 10.1 Å². The highest BCUT2D eigenvalue weighted by molar-refractivity contribution is 5.66. The Morgan fingerprint density at radius 1 is 0.943 bits per heavy atom. The molecule has 6 nitrogen and oxygen atoms in total. The normalized spacial score (nSPS) is 16.2. The molecule has 2 heterocycles. The molecule has 0 saturated carbocycles. The van der Waals surface area contributed by atoms with Crippen LogP contribution in [-0.4, -0.2) is 52.5 Å². The summed E-state index contributed by atoms with van der Waals surface area (Å²) in [5, 5.41) is 2.98. The number of aromatic nitrogens is 2. The van der Waals surface area contributed by atoms with Crippen LogP contribution in [0.2, 0.25) is 0 Å². The van der Waals surface area contributed by atoms with Gasteiger partial charge < -0.3 is 15.0 Å². The second kappa shape index (κ2) is 10.1. The van der Waals surface area contributed by atoms with Gasteiger partial charge in [0.1, 0.15) is 6.33 Å². The van der Waals surface area contributed by atoms with Crippen LogP contribution in [0.25, 0.3) is 6.08 Å². The van der Waals surface area contributed by atoms with E-state index in [-0.39, 0.29) is 17.4 Å². The molecule has 182 valence electrons. The zero-order chi connectivity index (χ0) is 24.4. The first kappa shape index (κ1) is 23.4. The molecule has 1 saturated heterocycles. The van der Waals surface area contributed by atoms with Gasteiger partial charge in [-0.05, 0) is 49.2 Å². The molecule has 2 aromatic carbocycles. The third kappa shape index (κ3) is 5.18. The predicted octanol–water partition coefficient (Wildman–Crippen LogP) is 5.39. The van der Waals surface area contributed by atoms with Crippen LogP contribution in [-0.2, 0) is 13.0 Å². The van der Waals surface area contributed by atoms with Crippen molar-refractivity contribution in [1.29, 1.82) is 0 Å². The summed E-state index contributed by atoms with van der Waals surface area (Å²) in [6.07, 6.45) is 3.69. The molecule has 0 atom stereocenters. The van der Waals surface area contributed by atoms with E-state index in [4.69, 9.17) is 4.74 Å². The lowest BCUT2D eigenvalue weighted by Gasteiger charge is -2.34. The van der Waals surface area contributed by atoms with Gasteiger partial charge in [0.25, 0.3) is 5.88 Å². The van der Waals surface area contributed by atoms with Gasteiger partial charge in [-0.25, -0.2) is 9.37 Å². The van der Waals surface area contributed by atoms with Crippen molar-refractivity contribution in [3.63, 3.8) is 0 Å². The molecule has 8 heteroatoms. The smallest absolute Gasteiger partial charge is 0.261 e. The maximum atomic E-state index is 15.1. The van der Waals surface area contributed by atoms with Gasteiger partial charge >= 0.3 is 0 Å². The standard InChI is InChI=1S/C27H29F2N5O/c1-3-33-10-12-34(13-11-33)16-19-4-7-21(8-5-19)32-26-25(29)27(31-17-30-26)35-23-9-6-20-14-18(2)15-22(20)24(23)28/h4-9,15,17H,3,10-14,16H2,1-2H3,(H,30,31,32). The molecule has 2 aliphatic rings. The fraction of sp³-hybridized carbons (Fsp3) is 0.333. The number of piperazine rings is 1. The molecule has 0 amide bonds. The first-order chi connectivity index (χ1) is 17.0. The molecule has 1 aromatic heterocycles. The van der Waals surface area contributed by atoms with Crippen LogP contribution in [0.3, 0.4) is 0 Å². The molecule has 1 aliphatic heterocycles. The quantitative estimate of drug-likeness (QED) is 0.493. The molecule has 1 aliphatic carbocycles. The number of hydrogen-bond donors (Lipinski definition) is 1. The highest BCUT2D eigenvalue weighted by atomic mass is 19.1. The lowest BCUT2D eigenvalue weighted by Crippen LogP contribution is -2.45. The number of likely N-dealkylation sites (N-methyl/N-ethyl adjacent to an activating group) is 1. The van der Waals surface area contributed by atoms with Crippen molar-refractivity contribution in [3.8, 4) is 11.6 Å². The van der Waals surface area contributed by atoms with Gasteiger partial charge in [-0.2, -0.15) is 9.37 Å². The minimum atomic E-state index is -0.781. The summed E-state index contributed by atoms with van der Waals surface area (Å²) in [5.41, 5.74) is 4.34. The lowest BCUT2D eigenvalue weighted by atomic mass is 10.1. The summed E-state index contributed by atoms with van der Waals surface area (Å²) in [6.45, 7) is 10.4. The lowest BCUT2D eigenvalue weighted by molar-refractivity contribution is 0.132. The van der Waals surface area contributed by atoms with E-state index in [1.54, 1.807) is 12.1 Å². The summed E-state index contributed by atoms with van der Waals surface area (Å²) < 4.78 is 35.5. The van der Waals surface area contributed by atoms with Crippen molar-refractivity contribution < 1.29 is 13.5 Å². The fourth-order valence-electron chi connectivity index (χ4n) is 4.57. The van der Waals surface area contributed by atoms with Crippen LogP contribution in [0.15, 0.2) is 48.3 Å². The maximum Gasteiger partial charge on any atom is 0.261 e. The largest absolute Gasteiger partial charge is 0.433 e. The monoisotopic (exact) mass is 477 g/mol. The number of halogens is 2. The predicted molar refractivity (Wildman–Crippen MR) is 133 cm³/mol. The van der Waals surface area contributed by atoms with Crippen LogP contribution in [0.4, 0.5) is 20.3 Å². The van der Waals surface area contributed by atoms with E-state index in [2.05, 4.69) is 32.0 Å². The molecule has 0 spiro atoms. The molecule has 5 rings (SSSR count). The molecule has 0 radical (unpaired) electrons. The molecule has 0 unspecified atom stereocenters. The molecule has 35 heavy (non-hydrogen) atoms. The molecule has 0 bridgehead atoms. The Morgan fingerprint density at radius 3 is 2.43 bits per heavy atom. The SMILES string of the molecule is CCN1CCN(Cc2ccc(Nc3ncnc(Oc4ccc5c(c4F)C=C(C)C5)c3F)cc2)CC1. The summed E-state index contributed by atoms with van der Waals surface area (Å²) in [7, 11) is 0. The van der Waals surface area contributed by atoms with Crippen LogP contribution >= 0.6 is 0 Å². The second-order valence-corrected chi connectivity index (χ2v) is 9.09. The summed E-state index contributed by atoms with van der Waals surface area (Å²) in [6, 6.07) is 11.2. The number of nitrogens with one attached hydrogen (secondary N) is 1. The van der Waals surface area contributed by atoms with Gasteiger partial charge in [0.2, 0.25) is 5.82 Å². The van der Waals surface area contributed by atoms with E-state index in [1.807, 2.05) is 31.2 Å². The van der Waals surface area contributed by atoms with Gasteiger partial charge in [0.05, 0.1) is 0 Å². The summed E-state index contributed by atoms with van der Waals surface area (Å²) in [4.78, 5) is 12.8. The minimum Gasteiger partial charge on any atom is -0.433 e. The minimum absolute atomic E-state index is 0.0317. The Hall–Kier alpha value is -3.36. The number of hydrogen-bond acceptors (Lipinski definition) is 6. The van der Waals surface area contributed by atoms with Crippen LogP contribution in [0, 0.1) is 11.6 Å². The topological polar surface area (TPSA) is 53.5 Å². The van der Waals surface area contributed by atoms with Gasteiger partial charge in [0, 0.05) is 44.0 Å². The Balaban J connectivity index is 1.25. The van der Waals surface area contributed by atoms with Crippen molar-refractivity contribution in [2.75, 3.05) is 38.0 Å². The van der Waals surface area contributed by atoms with Crippen LogP contribution in [0.1, 0.15) is 30.5 Å². The molecular formula is C27H29F2N5O.